The Morgan fingerprint density at radius 1 is 1.03 bits per heavy atom. The van der Waals surface area contributed by atoms with E-state index in [2.05, 4.69) is 0 Å². The van der Waals surface area contributed by atoms with Crippen LogP contribution in [-0.2, 0) is 23.0 Å². The lowest BCUT2D eigenvalue weighted by molar-refractivity contribution is 0.0784. The molecular weight excluding hydrogens is 440 g/mol. The van der Waals surface area contributed by atoms with Gasteiger partial charge in [0, 0.05) is 25.2 Å². The molecule has 0 bridgehead atoms. The van der Waals surface area contributed by atoms with Crippen LogP contribution in [0.5, 0.6) is 11.5 Å². The number of amides is 1. The zero-order valence-electron chi connectivity index (χ0n) is 18.4. The molecule has 2 heterocycles. The average Bonchev–Trinajstić information content (AvgIpc) is 3.41. The van der Waals surface area contributed by atoms with E-state index in [0.29, 0.717) is 35.7 Å². The van der Waals surface area contributed by atoms with E-state index >= 15 is 0 Å². The summed E-state index contributed by atoms with van der Waals surface area (Å²) < 4.78 is 39.2. The van der Waals surface area contributed by atoms with Gasteiger partial charge in [-0.2, -0.15) is 0 Å². The molecule has 5 rings (SSSR count). The van der Waals surface area contributed by atoms with Crippen molar-refractivity contribution in [1.82, 2.24) is 4.90 Å². The van der Waals surface area contributed by atoms with E-state index in [0.717, 1.165) is 11.1 Å². The van der Waals surface area contributed by atoms with Crippen LogP contribution in [-0.4, -0.2) is 39.1 Å². The third-order valence-electron chi connectivity index (χ3n) is 5.99. The zero-order chi connectivity index (χ0) is 23.2. The maximum absolute atomic E-state index is 13.5. The van der Waals surface area contributed by atoms with Crippen LogP contribution in [0.2, 0.25) is 0 Å². The number of hydrogen-bond acceptors (Lipinski definition) is 5. The normalized spacial score (nSPS) is 16.5. The Bertz CT molecular complexity index is 1340. The molecule has 33 heavy (non-hydrogen) atoms. The lowest BCUT2D eigenvalue weighted by atomic mass is 10.1. The van der Waals surface area contributed by atoms with Crippen molar-refractivity contribution in [1.29, 1.82) is 0 Å². The van der Waals surface area contributed by atoms with E-state index in [4.69, 9.17) is 9.47 Å². The van der Waals surface area contributed by atoms with Gasteiger partial charge < -0.3 is 14.4 Å². The Morgan fingerprint density at radius 3 is 2.67 bits per heavy atom. The monoisotopic (exact) mass is 464 g/mol. The molecule has 0 saturated heterocycles. The topological polar surface area (TPSA) is 76.2 Å². The van der Waals surface area contributed by atoms with Gasteiger partial charge in [-0.25, -0.2) is 8.42 Å². The quantitative estimate of drug-likeness (QED) is 0.574. The van der Waals surface area contributed by atoms with E-state index in [9.17, 15) is 13.2 Å². The molecule has 1 atom stereocenters. The summed E-state index contributed by atoms with van der Waals surface area (Å²) in [6.07, 6.45) is 0.659. The third-order valence-corrected chi connectivity index (χ3v) is 7.91. The number of sulfonamides is 1. The predicted octanol–water partition coefficient (Wildman–Crippen LogP) is 3.83. The molecule has 0 aliphatic carbocycles. The molecule has 0 radical (unpaired) electrons. The zero-order valence-corrected chi connectivity index (χ0v) is 19.2. The maximum Gasteiger partial charge on any atom is 0.264 e. The highest BCUT2D eigenvalue weighted by atomic mass is 32.2. The molecule has 2 aliphatic rings. The van der Waals surface area contributed by atoms with E-state index in [1.165, 1.54) is 16.4 Å². The van der Waals surface area contributed by atoms with Gasteiger partial charge in [0.25, 0.3) is 15.9 Å². The van der Waals surface area contributed by atoms with Crippen molar-refractivity contribution in [3.05, 3.63) is 83.4 Å². The summed E-state index contributed by atoms with van der Waals surface area (Å²) in [6.45, 7) is 2.43. The van der Waals surface area contributed by atoms with Gasteiger partial charge in [0.05, 0.1) is 10.6 Å². The van der Waals surface area contributed by atoms with Crippen molar-refractivity contribution in [3.63, 3.8) is 0 Å². The Morgan fingerprint density at radius 2 is 1.82 bits per heavy atom. The SMILES string of the molecule is C[C@H]1Cc2ccccc2N1S(=O)(=O)c1cccc(C(=O)N(C)Cc2ccc3c(c2)OCO3)c1. The number of rotatable bonds is 5. The number of hydrogen-bond donors (Lipinski definition) is 0. The van der Waals surface area contributed by atoms with Gasteiger partial charge in [-0.15, -0.1) is 0 Å². The third kappa shape index (κ3) is 3.80. The van der Waals surface area contributed by atoms with E-state index in [-0.39, 0.29) is 23.6 Å². The van der Waals surface area contributed by atoms with Crippen molar-refractivity contribution >= 4 is 21.6 Å². The lowest BCUT2D eigenvalue weighted by Crippen LogP contribution is -2.36. The second-order valence-electron chi connectivity index (χ2n) is 8.36. The minimum absolute atomic E-state index is 0.105. The molecule has 1 amide bonds. The number of para-hydroxylation sites is 1. The molecule has 0 saturated carbocycles. The highest BCUT2D eigenvalue weighted by Gasteiger charge is 2.36. The molecular formula is C25H24N2O5S. The smallest absolute Gasteiger partial charge is 0.264 e. The van der Waals surface area contributed by atoms with E-state index < -0.39 is 10.0 Å². The number of carbonyl (C=O) groups excluding carboxylic acids is 1. The molecule has 0 spiro atoms. The van der Waals surface area contributed by atoms with Gasteiger partial charge in [-0.05, 0) is 60.9 Å². The number of carbonyl (C=O) groups is 1. The maximum atomic E-state index is 13.5. The summed E-state index contributed by atoms with van der Waals surface area (Å²) in [5, 5.41) is 0. The van der Waals surface area contributed by atoms with Crippen molar-refractivity contribution in [3.8, 4) is 11.5 Å². The second kappa shape index (κ2) is 8.12. The number of ether oxygens (including phenoxy) is 2. The summed E-state index contributed by atoms with van der Waals surface area (Å²) in [5.41, 5.74) is 2.91. The molecule has 3 aromatic rings. The summed E-state index contributed by atoms with van der Waals surface area (Å²) in [7, 11) is -2.13. The molecule has 7 nitrogen and oxygen atoms in total. The van der Waals surface area contributed by atoms with Gasteiger partial charge in [-0.3, -0.25) is 9.10 Å². The van der Waals surface area contributed by atoms with Crippen LogP contribution in [0.4, 0.5) is 5.69 Å². The molecule has 3 aromatic carbocycles. The Balaban J connectivity index is 1.39. The van der Waals surface area contributed by atoms with E-state index in [1.807, 2.05) is 49.4 Å². The second-order valence-corrected chi connectivity index (χ2v) is 10.2. The van der Waals surface area contributed by atoms with Gasteiger partial charge in [-0.1, -0.05) is 30.3 Å². The molecule has 0 N–H and O–H groups in total. The van der Waals surface area contributed by atoms with Crippen LogP contribution < -0.4 is 13.8 Å². The summed E-state index contributed by atoms with van der Waals surface area (Å²) >= 11 is 0. The predicted molar refractivity (Wildman–Crippen MR) is 124 cm³/mol. The number of benzene rings is 3. The standard InChI is InChI=1S/C25H24N2O5S/c1-17-12-19-6-3-4-9-22(19)27(17)33(29,30)21-8-5-7-20(14-21)25(28)26(2)15-18-10-11-23-24(13-18)32-16-31-23/h3-11,13-14,17H,12,15-16H2,1-2H3/t17-/m0/s1. The molecule has 170 valence electrons. The van der Waals surface area contributed by atoms with Crippen LogP contribution in [0.1, 0.15) is 28.4 Å². The largest absolute Gasteiger partial charge is 0.454 e. The van der Waals surface area contributed by atoms with Gasteiger partial charge >= 0.3 is 0 Å². The molecule has 0 aromatic heterocycles. The molecule has 0 fully saturated rings. The first-order valence-corrected chi connectivity index (χ1v) is 12.1. The van der Waals surface area contributed by atoms with Gasteiger partial charge in [0.1, 0.15) is 0 Å². The van der Waals surface area contributed by atoms with Crippen molar-refractivity contribution < 1.29 is 22.7 Å². The van der Waals surface area contributed by atoms with Crippen molar-refractivity contribution in [2.24, 2.45) is 0 Å². The Labute approximate surface area is 193 Å². The van der Waals surface area contributed by atoms with Crippen molar-refractivity contribution in [2.75, 3.05) is 18.1 Å². The number of fused-ring (bicyclic) bond motifs is 2. The lowest BCUT2D eigenvalue weighted by Gasteiger charge is -2.25. The highest BCUT2D eigenvalue weighted by Crippen LogP contribution is 2.37. The fourth-order valence-electron chi connectivity index (χ4n) is 4.41. The average molecular weight is 465 g/mol. The summed E-state index contributed by atoms with van der Waals surface area (Å²) in [5.74, 6) is 1.07. The molecule has 8 heteroatoms. The van der Waals surface area contributed by atoms with Crippen LogP contribution in [0.25, 0.3) is 0 Å². The fraction of sp³-hybridized carbons (Fsp3) is 0.240. The van der Waals surface area contributed by atoms with Crippen molar-refractivity contribution in [2.45, 2.75) is 30.8 Å². The first kappa shape index (κ1) is 21.3. The minimum Gasteiger partial charge on any atom is -0.454 e. The minimum atomic E-state index is -3.82. The summed E-state index contributed by atoms with van der Waals surface area (Å²) in [6, 6.07) is 19.1. The summed E-state index contributed by atoms with van der Waals surface area (Å²) in [4.78, 5) is 14.8. The Kier molecular flexibility index (Phi) is 5.25. The van der Waals surface area contributed by atoms with Crippen LogP contribution >= 0.6 is 0 Å². The number of anilines is 1. The van der Waals surface area contributed by atoms with Crippen LogP contribution in [0.3, 0.4) is 0 Å². The van der Waals surface area contributed by atoms with E-state index in [1.54, 1.807) is 24.1 Å². The van der Waals surface area contributed by atoms with Gasteiger partial charge in [0.2, 0.25) is 6.79 Å². The molecule has 2 aliphatic heterocycles. The number of nitrogens with zero attached hydrogens (tertiary/aromatic N) is 2. The van der Waals surface area contributed by atoms with Gasteiger partial charge in [0.15, 0.2) is 11.5 Å². The highest BCUT2D eigenvalue weighted by molar-refractivity contribution is 7.92. The Hall–Kier alpha value is -3.52. The first-order valence-electron chi connectivity index (χ1n) is 10.7. The van der Waals surface area contributed by atoms with Crippen LogP contribution in [0.15, 0.2) is 71.6 Å². The first-order chi connectivity index (χ1) is 15.8. The molecule has 0 unspecified atom stereocenters. The van der Waals surface area contributed by atoms with Crippen LogP contribution in [0, 0.1) is 0 Å². The fourth-order valence-corrected chi connectivity index (χ4v) is 6.15.